The molecule has 1 amide bonds. The van der Waals surface area contributed by atoms with Gasteiger partial charge in [0.15, 0.2) is 5.17 Å². The van der Waals surface area contributed by atoms with Gasteiger partial charge < -0.3 is 10.4 Å². The van der Waals surface area contributed by atoms with Crippen LogP contribution in [-0.2, 0) is 19.6 Å². The number of aliphatic carboxylic acids is 1. The zero-order valence-corrected chi connectivity index (χ0v) is 12.1. The topological polar surface area (TPSA) is 139 Å². The van der Waals surface area contributed by atoms with Gasteiger partial charge >= 0.3 is 5.97 Å². The van der Waals surface area contributed by atoms with E-state index >= 15 is 0 Å². The third-order valence-corrected chi connectivity index (χ3v) is 4.54. The summed E-state index contributed by atoms with van der Waals surface area (Å²) in [5, 5.41) is 15.7. The lowest BCUT2D eigenvalue weighted by molar-refractivity contribution is -0.138. The van der Waals surface area contributed by atoms with Crippen LogP contribution in [0.15, 0.2) is 34.2 Å². The molecule has 112 valence electrons. The molecule has 1 aliphatic rings. The zero-order chi connectivity index (χ0) is 15.6. The molecule has 0 saturated carbocycles. The number of primary sulfonamides is 1. The number of amidine groups is 1. The van der Waals surface area contributed by atoms with E-state index in [0.717, 1.165) is 11.8 Å². The largest absolute Gasteiger partial charge is 0.481 e. The highest BCUT2D eigenvalue weighted by atomic mass is 32.2. The van der Waals surface area contributed by atoms with Crippen molar-refractivity contribution in [2.75, 3.05) is 0 Å². The maximum atomic E-state index is 11.5. The van der Waals surface area contributed by atoms with Crippen molar-refractivity contribution in [1.29, 1.82) is 0 Å². The maximum absolute atomic E-state index is 11.5. The van der Waals surface area contributed by atoms with Crippen molar-refractivity contribution in [2.24, 2.45) is 10.1 Å². The van der Waals surface area contributed by atoms with Crippen LogP contribution in [-0.4, -0.2) is 35.8 Å². The molecule has 0 unspecified atom stereocenters. The fraction of sp³-hybridized carbons (Fsp3) is 0.182. The van der Waals surface area contributed by atoms with Crippen LogP contribution in [0.4, 0.5) is 5.69 Å². The van der Waals surface area contributed by atoms with Gasteiger partial charge in [0.05, 0.1) is 17.0 Å². The highest BCUT2D eigenvalue weighted by molar-refractivity contribution is 8.15. The van der Waals surface area contributed by atoms with E-state index in [1.807, 2.05) is 0 Å². The van der Waals surface area contributed by atoms with Crippen molar-refractivity contribution in [3.05, 3.63) is 24.3 Å². The molecule has 1 heterocycles. The smallest absolute Gasteiger partial charge is 0.305 e. The van der Waals surface area contributed by atoms with Crippen molar-refractivity contribution in [3.63, 3.8) is 0 Å². The van der Waals surface area contributed by atoms with Gasteiger partial charge in [-0.15, -0.1) is 0 Å². The van der Waals surface area contributed by atoms with E-state index in [0.29, 0.717) is 5.69 Å². The van der Waals surface area contributed by atoms with Crippen LogP contribution in [0, 0.1) is 0 Å². The molecular weight excluding hydrogens is 318 g/mol. The number of amides is 1. The summed E-state index contributed by atoms with van der Waals surface area (Å²) in [4.78, 5) is 26.2. The molecular formula is C11H11N3O5S2. The molecule has 8 nitrogen and oxygen atoms in total. The Morgan fingerprint density at radius 1 is 1.38 bits per heavy atom. The molecule has 0 radical (unpaired) electrons. The molecule has 1 aromatic rings. The lowest BCUT2D eigenvalue weighted by atomic mass is 10.3. The highest BCUT2D eigenvalue weighted by Gasteiger charge is 2.31. The maximum Gasteiger partial charge on any atom is 0.305 e. The lowest BCUT2D eigenvalue weighted by Crippen LogP contribution is -2.26. The number of sulfonamides is 1. The number of carboxylic acids is 1. The highest BCUT2D eigenvalue weighted by Crippen LogP contribution is 2.25. The standard InChI is InChI=1S/C11H11N3O5S2/c12-21(18,19)7-3-1-6(2-4-7)13-11-14-10(17)8(20-11)5-9(15)16/h1-4,8H,5H2,(H,15,16)(H2,12,18,19)(H,13,14,17)/t8-/m1/s1. The van der Waals surface area contributed by atoms with E-state index in [-0.39, 0.29) is 16.5 Å². The lowest BCUT2D eigenvalue weighted by Gasteiger charge is -2.00. The zero-order valence-electron chi connectivity index (χ0n) is 10.5. The van der Waals surface area contributed by atoms with Gasteiger partial charge in [-0.2, -0.15) is 0 Å². The van der Waals surface area contributed by atoms with Crippen molar-refractivity contribution in [1.82, 2.24) is 5.32 Å². The number of nitrogens with zero attached hydrogens (tertiary/aromatic N) is 1. The summed E-state index contributed by atoms with van der Waals surface area (Å²) in [7, 11) is -3.77. The Labute approximate surface area is 124 Å². The summed E-state index contributed by atoms with van der Waals surface area (Å²) < 4.78 is 22.2. The van der Waals surface area contributed by atoms with Crippen LogP contribution in [0.2, 0.25) is 0 Å². The minimum absolute atomic E-state index is 0.0432. The second-order valence-electron chi connectivity index (χ2n) is 4.15. The number of hydrogen-bond acceptors (Lipinski definition) is 6. The Morgan fingerprint density at radius 2 is 2.00 bits per heavy atom. The number of carboxylic acid groups (broad SMARTS) is 1. The quantitative estimate of drug-likeness (QED) is 0.712. The Balaban J connectivity index is 2.14. The number of aliphatic imine (C=N–C) groups is 1. The molecule has 10 heteroatoms. The molecule has 0 spiro atoms. The summed E-state index contributed by atoms with van der Waals surface area (Å²) >= 11 is 1.02. The normalized spacial score (nSPS) is 20.5. The van der Waals surface area contributed by atoms with Crippen molar-refractivity contribution < 1.29 is 23.1 Å². The fourth-order valence-corrected chi connectivity index (χ4v) is 3.07. The Bertz CT molecular complexity index is 712. The molecule has 1 aliphatic heterocycles. The van der Waals surface area contributed by atoms with Gasteiger partial charge in [0.2, 0.25) is 15.9 Å². The molecule has 1 fully saturated rings. The van der Waals surface area contributed by atoms with E-state index in [4.69, 9.17) is 10.2 Å². The average molecular weight is 329 g/mol. The number of nitrogens with two attached hydrogens (primary N) is 1. The van der Waals surface area contributed by atoms with Gasteiger partial charge in [-0.05, 0) is 24.3 Å². The first-order valence-corrected chi connectivity index (χ1v) is 8.09. The van der Waals surface area contributed by atoms with Crippen molar-refractivity contribution in [3.8, 4) is 0 Å². The predicted octanol–water partition coefficient (Wildman–Crippen LogP) is 0.0278. The van der Waals surface area contributed by atoms with Crippen LogP contribution >= 0.6 is 11.8 Å². The van der Waals surface area contributed by atoms with Gasteiger partial charge in [0.25, 0.3) is 0 Å². The second kappa shape index (κ2) is 5.84. The van der Waals surface area contributed by atoms with Crippen LogP contribution < -0.4 is 10.5 Å². The molecule has 1 aromatic carbocycles. The molecule has 21 heavy (non-hydrogen) atoms. The summed E-state index contributed by atoms with van der Waals surface area (Å²) in [6.45, 7) is 0. The number of rotatable bonds is 4. The van der Waals surface area contributed by atoms with Crippen LogP contribution in [0.1, 0.15) is 6.42 Å². The molecule has 1 atom stereocenters. The van der Waals surface area contributed by atoms with Crippen molar-refractivity contribution in [2.45, 2.75) is 16.6 Å². The second-order valence-corrected chi connectivity index (χ2v) is 6.90. The molecule has 2 rings (SSSR count). The Morgan fingerprint density at radius 3 is 2.52 bits per heavy atom. The summed E-state index contributed by atoms with van der Waals surface area (Å²) in [6.07, 6.45) is -0.292. The van der Waals surface area contributed by atoms with E-state index in [2.05, 4.69) is 10.3 Å². The molecule has 0 aliphatic carbocycles. The fourth-order valence-electron chi connectivity index (χ4n) is 1.58. The molecule has 0 aromatic heterocycles. The molecule has 4 N–H and O–H groups in total. The van der Waals surface area contributed by atoms with Gasteiger partial charge in [-0.25, -0.2) is 18.5 Å². The van der Waals surface area contributed by atoms with Crippen molar-refractivity contribution >= 4 is 44.5 Å². The predicted molar refractivity (Wildman–Crippen MR) is 76.7 cm³/mol. The third kappa shape index (κ3) is 4.03. The molecule has 0 bridgehead atoms. The first kappa shape index (κ1) is 15.5. The number of carbonyl (C=O) groups excluding carboxylic acids is 1. The van der Waals surface area contributed by atoms with Gasteiger partial charge in [0, 0.05) is 0 Å². The monoisotopic (exact) mass is 329 g/mol. The number of thioether (sulfide) groups is 1. The van der Waals surface area contributed by atoms with Crippen LogP contribution in [0.3, 0.4) is 0 Å². The van der Waals surface area contributed by atoms with E-state index < -0.39 is 27.1 Å². The number of hydrogen-bond donors (Lipinski definition) is 3. The summed E-state index contributed by atoms with van der Waals surface area (Å²) in [6, 6.07) is 5.46. The molecule has 1 saturated heterocycles. The third-order valence-electron chi connectivity index (χ3n) is 2.53. The van der Waals surface area contributed by atoms with Gasteiger partial charge in [-0.1, -0.05) is 11.8 Å². The van der Waals surface area contributed by atoms with Gasteiger partial charge in [0.1, 0.15) is 5.25 Å². The van der Waals surface area contributed by atoms with Crippen LogP contribution in [0.25, 0.3) is 0 Å². The summed E-state index contributed by atoms with van der Waals surface area (Å²) in [5.41, 5.74) is 0.418. The average Bonchev–Trinajstić information content (AvgIpc) is 2.68. The Hall–Kier alpha value is -1.91. The van der Waals surface area contributed by atoms with Gasteiger partial charge in [-0.3, -0.25) is 9.59 Å². The minimum Gasteiger partial charge on any atom is -0.481 e. The van der Waals surface area contributed by atoms with Crippen LogP contribution in [0.5, 0.6) is 0 Å². The van der Waals surface area contributed by atoms with E-state index in [9.17, 15) is 18.0 Å². The van der Waals surface area contributed by atoms with E-state index in [1.54, 1.807) is 0 Å². The number of carbonyl (C=O) groups is 2. The SMILES string of the molecule is NS(=O)(=O)c1ccc(N=C2NC(=O)[C@@H](CC(=O)O)S2)cc1. The van der Waals surface area contributed by atoms with E-state index in [1.165, 1.54) is 24.3 Å². The first-order chi connectivity index (χ1) is 9.75. The summed E-state index contributed by atoms with van der Waals surface area (Å²) in [5.74, 6) is -1.48. The minimum atomic E-state index is -3.77. The Kier molecular flexibility index (Phi) is 4.30. The number of nitrogens with one attached hydrogen (secondary N) is 1. The first-order valence-electron chi connectivity index (χ1n) is 5.66. The number of benzene rings is 1.